The van der Waals surface area contributed by atoms with Gasteiger partial charge in [-0.15, -0.1) is 10.2 Å². The van der Waals surface area contributed by atoms with Crippen molar-refractivity contribution in [2.45, 2.75) is 38.5 Å². The van der Waals surface area contributed by atoms with E-state index in [9.17, 15) is 0 Å². The number of hydrogen-bond donors (Lipinski definition) is 4. The number of anilines is 4. The van der Waals surface area contributed by atoms with Crippen LogP contribution in [0, 0.1) is 0 Å². The molecule has 4 aromatic rings. The first-order valence-electron chi connectivity index (χ1n) is 15.6. The van der Waals surface area contributed by atoms with Gasteiger partial charge in [0.05, 0.1) is 22.7 Å². The second-order valence-corrected chi connectivity index (χ2v) is 11.1. The summed E-state index contributed by atoms with van der Waals surface area (Å²) in [7, 11) is 3.51. The van der Waals surface area contributed by atoms with Crippen molar-refractivity contribution in [2.75, 3.05) is 62.2 Å². The van der Waals surface area contributed by atoms with E-state index in [1.807, 2.05) is 0 Å². The molecule has 0 radical (unpaired) electrons. The minimum Gasteiger partial charge on any atom is -0.385 e. The van der Waals surface area contributed by atoms with E-state index >= 15 is 0 Å². The van der Waals surface area contributed by atoms with Crippen LogP contribution in [0.2, 0.25) is 0 Å². The number of aryl methyl sites for hydroxylation is 4. The van der Waals surface area contributed by atoms with Crippen LogP contribution in [0.3, 0.4) is 0 Å². The Labute approximate surface area is 262 Å². The van der Waals surface area contributed by atoms with Gasteiger partial charge in [0.1, 0.15) is 0 Å². The van der Waals surface area contributed by atoms with E-state index in [-0.39, 0.29) is 0 Å². The third kappa shape index (κ3) is 8.97. The van der Waals surface area contributed by atoms with E-state index < -0.39 is 0 Å². The fraction of sp³-hybridized carbons (Fsp3) is 0.333. The first kappa shape index (κ1) is 31.3. The highest BCUT2D eigenvalue weighted by Crippen LogP contribution is 2.26. The molecule has 0 amide bonds. The predicted molar refractivity (Wildman–Crippen MR) is 181 cm³/mol. The summed E-state index contributed by atoms with van der Waals surface area (Å²) in [5.74, 6) is 0. The van der Waals surface area contributed by atoms with Crippen LogP contribution < -0.4 is 21.7 Å². The van der Waals surface area contributed by atoms with Crippen molar-refractivity contribution in [2.24, 2.45) is 0 Å². The number of methoxy groups -OCH3 is 2. The molecule has 0 bridgehead atoms. The Morgan fingerprint density at radius 1 is 0.455 bits per heavy atom. The number of fused-ring (bicyclic) bond motifs is 4. The summed E-state index contributed by atoms with van der Waals surface area (Å²) in [6.45, 7) is 2.93. The Kier molecular flexibility index (Phi) is 11.9. The molecule has 8 heteroatoms. The maximum absolute atomic E-state index is 5.38. The molecule has 0 atom stereocenters. The second kappa shape index (κ2) is 16.7. The number of nitrogens with one attached hydrogen (secondary N) is 4. The normalized spacial score (nSPS) is 14.6. The molecular formula is C36H46N6O2. The van der Waals surface area contributed by atoms with Crippen LogP contribution >= 0.6 is 0 Å². The highest BCUT2D eigenvalue weighted by molar-refractivity contribution is 5.57. The number of nitrogens with zero attached hydrogens (tertiary/aromatic N) is 2. The van der Waals surface area contributed by atoms with E-state index in [2.05, 4.69) is 129 Å². The molecule has 0 spiro atoms. The molecule has 0 unspecified atom stereocenters. The van der Waals surface area contributed by atoms with Gasteiger partial charge in [-0.2, -0.15) is 0 Å². The first-order valence-corrected chi connectivity index (χ1v) is 15.6. The number of rotatable bonds is 8. The molecule has 8 nitrogen and oxygen atoms in total. The minimum atomic E-state index is 0.694. The van der Waals surface area contributed by atoms with Crippen LogP contribution in [0.1, 0.15) is 35.1 Å². The molecule has 1 aliphatic rings. The number of hydrazine groups is 4. The quantitative estimate of drug-likeness (QED) is 0.163. The van der Waals surface area contributed by atoms with E-state index in [4.69, 9.17) is 9.47 Å². The van der Waals surface area contributed by atoms with Crippen molar-refractivity contribution >= 4 is 22.7 Å². The molecule has 4 N–H and O–H groups in total. The lowest BCUT2D eigenvalue weighted by Crippen LogP contribution is -2.38. The Morgan fingerprint density at radius 2 is 0.727 bits per heavy atom. The van der Waals surface area contributed by atoms with Crippen molar-refractivity contribution < 1.29 is 9.47 Å². The monoisotopic (exact) mass is 594 g/mol. The summed E-state index contributed by atoms with van der Waals surface area (Å²) in [5.41, 5.74) is 24.2. The molecule has 0 fully saturated rings. The van der Waals surface area contributed by atoms with Gasteiger partial charge in [-0.05, 0) is 85.0 Å². The number of para-hydroxylation sites is 4. The van der Waals surface area contributed by atoms with Gasteiger partial charge in [-0.25, -0.2) is 0 Å². The summed E-state index contributed by atoms with van der Waals surface area (Å²) in [6, 6.07) is 34.3. The van der Waals surface area contributed by atoms with Crippen LogP contribution in [0.15, 0.2) is 97.1 Å². The molecule has 0 saturated heterocycles. The molecular weight excluding hydrogens is 548 g/mol. The third-order valence-electron chi connectivity index (χ3n) is 7.88. The van der Waals surface area contributed by atoms with Crippen molar-refractivity contribution in [1.82, 2.24) is 10.2 Å². The largest absolute Gasteiger partial charge is 0.385 e. The van der Waals surface area contributed by atoms with Gasteiger partial charge in [-0.1, -0.05) is 72.8 Å². The highest BCUT2D eigenvalue weighted by atomic mass is 16.5. The molecule has 4 aromatic carbocycles. The smallest absolute Gasteiger partial charge is 0.0539 e. The average Bonchev–Trinajstić information content (AvgIpc) is 3.05. The molecule has 0 saturated carbocycles. The maximum atomic E-state index is 5.38. The van der Waals surface area contributed by atoms with Gasteiger partial charge in [0.25, 0.3) is 0 Å². The summed E-state index contributed by atoms with van der Waals surface area (Å²) in [6.07, 6.45) is 5.35. The fourth-order valence-electron chi connectivity index (χ4n) is 5.52. The second-order valence-electron chi connectivity index (χ2n) is 11.1. The molecule has 0 aromatic heterocycles. The molecule has 44 heavy (non-hydrogen) atoms. The van der Waals surface area contributed by atoms with E-state index in [0.29, 0.717) is 13.2 Å². The lowest BCUT2D eigenvalue weighted by atomic mass is 10.0. The topological polar surface area (TPSA) is 73.1 Å². The zero-order valence-electron chi connectivity index (χ0n) is 26.0. The van der Waals surface area contributed by atoms with Crippen molar-refractivity contribution in [1.29, 1.82) is 0 Å². The minimum absolute atomic E-state index is 0.694. The average molecular weight is 595 g/mol. The Morgan fingerprint density at radius 3 is 1.00 bits per heavy atom. The zero-order valence-corrected chi connectivity index (χ0v) is 26.0. The fourth-order valence-corrected chi connectivity index (χ4v) is 5.52. The standard InChI is InChI=1S/C36H46N6O2/c1-43-27-11-25-41-37-33-17-7-3-13-29(33)21-23-31-15-5-9-19-35(31)39-42(26-12-28-44-2)40-36-20-10-6-16-32(36)24-22-30-14-4-8-18-34(30)38-41/h3-10,13-20,37-40H,11-12,21-28H2,1-2H3. The van der Waals surface area contributed by atoms with Crippen molar-refractivity contribution in [3.05, 3.63) is 119 Å². The van der Waals surface area contributed by atoms with Gasteiger partial charge in [0.15, 0.2) is 0 Å². The molecule has 1 heterocycles. The van der Waals surface area contributed by atoms with Crippen LogP contribution in [-0.2, 0) is 35.2 Å². The van der Waals surface area contributed by atoms with E-state index in [1.165, 1.54) is 22.3 Å². The van der Waals surface area contributed by atoms with Gasteiger partial charge >= 0.3 is 0 Å². The van der Waals surface area contributed by atoms with E-state index in [0.717, 1.165) is 74.4 Å². The Bertz CT molecular complexity index is 1240. The maximum Gasteiger partial charge on any atom is 0.0539 e. The summed E-state index contributed by atoms with van der Waals surface area (Å²) in [5, 5.41) is 4.20. The Hall–Kier alpha value is -4.08. The summed E-state index contributed by atoms with van der Waals surface area (Å²) >= 11 is 0. The van der Waals surface area contributed by atoms with Crippen molar-refractivity contribution in [3.8, 4) is 0 Å². The van der Waals surface area contributed by atoms with Crippen LogP contribution in [-0.4, -0.2) is 50.8 Å². The first-order chi connectivity index (χ1) is 21.7. The summed E-state index contributed by atoms with van der Waals surface area (Å²) < 4.78 is 10.8. The molecule has 1 aliphatic heterocycles. The molecule has 0 aliphatic carbocycles. The predicted octanol–water partition coefficient (Wildman–Crippen LogP) is 6.96. The Balaban J connectivity index is 1.50. The van der Waals surface area contributed by atoms with Gasteiger partial charge < -0.3 is 31.2 Å². The zero-order chi connectivity index (χ0) is 30.4. The molecule has 5 rings (SSSR count). The van der Waals surface area contributed by atoms with Gasteiger partial charge in [0.2, 0.25) is 0 Å². The van der Waals surface area contributed by atoms with E-state index in [1.54, 1.807) is 14.2 Å². The van der Waals surface area contributed by atoms with Crippen LogP contribution in [0.4, 0.5) is 22.7 Å². The lowest BCUT2D eigenvalue weighted by molar-refractivity contribution is 0.183. The van der Waals surface area contributed by atoms with Crippen LogP contribution in [0.25, 0.3) is 0 Å². The number of hydrogen-bond acceptors (Lipinski definition) is 8. The van der Waals surface area contributed by atoms with Crippen LogP contribution in [0.5, 0.6) is 0 Å². The lowest BCUT2D eigenvalue weighted by Gasteiger charge is -2.29. The van der Waals surface area contributed by atoms with Crippen molar-refractivity contribution in [3.63, 3.8) is 0 Å². The third-order valence-corrected chi connectivity index (χ3v) is 7.88. The van der Waals surface area contributed by atoms with Gasteiger partial charge in [0, 0.05) is 40.5 Å². The molecule has 232 valence electrons. The number of ether oxygens (including phenoxy) is 2. The van der Waals surface area contributed by atoms with Gasteiger partial charge in [-0.3, -0.25) is 0 Å². The highest BCUT2D eigenvalue weighted by Gasteiger charge is 2.15. The SMILES string of the molecule is COCCCN1Nc2ccccc2CCc2ccccc2NN(CCCOC)Nc2ccccc2CCc2ccccc2N1. The number of benzene rings is 4. The summed E-state index contributed by atoms with van der Waals surface area (Å²) in [4.78, 5) is 0.